The number of hydrogen-bond acceptors (Lipinski definition) is 4. The highest BCUT2D eigenvalue weighted by molar-refractivity contribution is 6.06. The number of nitrogens with one attached hydrogen (secondary N) is 2. The van der Waals surface area contributed by atoms with Crippen LogP contribution in [0.4, 0.5) is 0 Å². The van der Waals surface area contributed by atoms with E-state index in [0.717, 1.165) is 22.2 Å². The van der Waals surface area contributed by atoms with Crippen molar-refractivity contribution >= 4 is 22.5 Å². The first-order valence-electron chi connectivity index (χ1n) is 8.23. The number of carbonyl (C=O) groups is 1. The summed E-state index contributed by atoms with van der Waals surface area (Å²) in [5.74, 6) is 1.10. The van der Waals surface area contributed by atoms with Crippen LogP contribution in [-0.4, -0.2) is 30.8 Å². The molecule has 0 radical (unpaired) electrons. The second-order valence-electron chi connectivity index (χ2n) is 5.90. The van der Waals surface area contributed by atoms with Crippen molar-refractivity contribution in [3.05, 3.63) is 59.8 Å². The Balaban J connectivity index is 1.69. The van der Waals surface area contributed by atoms with Gasteiger partial charge in [-0.05, 0) is 30.7 Å². The molecule has 1 amide bonds. The van der Waals surface area contributed by atoms with E-state index < -0.39 is 0 Å². The molecule has 2 aromatic carbocycles. The van der Waals surface area contributed by atoms with Crippen LogP contribution in [0.5, 0.6) is 11.5 Å². The second-order valence-corrected chi connectivity index (χ2v) is 5.90. The fourth-order valence-electron chi connectivity index (χ4n) is 2.79. The average Bonchev–Trinajstić information content (AvgIpc) is 3.10. The summed E-state index contributed by atoms with van der Waals surface area (Å²) in [5, 5.41) is 5.08. The van der Waals surface area contributed by atoms with E-state index in [1.54, 1.807) is 20.4 Å². The molecule has 0 unspecified atom stereocenters. The van der Waals surface area contributed by atoms with Crippen LogP contribution < -0.4 is 14.9 Å². The molecule has 0 aliphatic heterocycles. The maximum atomic E-state index is 12.4. The van der Waals surface area contributed by atoms with E-state index in [9.17, 15) is 4.79 Å². The molecular formula is C20H21N3O3. The number of H-pyrrole nitrogens is 1. The molecule has 3 aromatic rings. The molecule has 0 atom stereocenters. The highest BCUT2D eigenvalue weighted by Crippen LogP contribution is 2.27. The first-order valence-corrected chi connectivity index (χ1v) is 8.23. The Kier molecular flexibility index (Phi) is 5.22. The van der Waals surface area contributed by atoms with Crippen molar-refractivity contribution in [2.75, 3.05) is 14.2 Å². The second kappa shape index (κ2) is 7.74. The van der Waals surface area contributed by atoms with E-state index in [4.69, 9.17) is 9.47 Å². The number of ether oxygens (including phenoxy) is 2. The Hall–Kier alpha value is -3.28. The smallest absolute Gasteiger partial charge is 0.273 e. The van der Waals surface area contributed by atoms with E-state index in [0.29, 0.717) is 23.5 Å². The monoisotopic (exact) mass is 351 g/mol. The minimum Gasteiger partial charge on any atom is -0.493 e. The van der Waals surface area contributed by atoms with Gasteiger partial charge in [-0.1, -0.05) is 24.3 Å². The zero-order valence-electron chi connectivity index (χ0n) is 15.0. The number of benzene rings is 2. The highest BCUT2D eigenvalue weighted by Gasteiger charge is 2.11. The SMILES string of the molecule is COc1ccc(CC(C)=NNC(=O)c2c[nH]c3ccccc23)cc1OC. The lowest BCUT2D eigenvalue weighted by molar-refractivity contribution is 0.0956. The van der Waals surface area contributed by atoms with Gasteiger partial charge < -0.3 is 14.5 Å². The van der Waals surface area contributed by atoms with E-state index in [1.807, 2.05) is 49.4 Å². The maximum Gasteiger partial charge on any atom is 0.273 e. The number of aromatic amines is 1. The molecular weight excluding hydrogens is 330 g/mol. The third-order valence-electron chi connectivity index (χ3n) is 4.09. The molecule has 1 aromatic heterocycles. The van der Waals surface area contributed by atoms with Gasteiger partial charge in [-0.3, -0.25) is 4.79 Å². The number of fused-ring (bicyclic) bond motifs is 1. The van der Waals surface area contributed by atoms with Crippen LogP contribution in [0, 0.1) is 0 Å². The van der Waals surface area contributed by atoms with Crippen molar-refractivity contribution in [3.8, 4) is 11.5 Å². The van der Waals surface area contributed by atoms with Crippen LogP contribution in [0.25, 0.3) is 10.9 Å². The predicted octanol–water partition coefficient (Wildman–Crippen LogP) is 3.53. The van der Waals surface area contributed by atoms with Crippen molar-refractivity contribution in [2.45, 2.75) is 13.3 Å². The van der Waals surface area contributed by atoms with Gasteiger partial charge >= 0.3 is 0 Å². The van der Waals surface area contributed by atoms with Crippen LogP contribution in [0.3, 0.4) is 0 Å². The lowest BCUT2D eigenvalue weighted by Crippen LogP contribution is -2.19. The minimum atomic E-state index is -0.242. The molecule has 1 heterocycles. The Morgan fingerprint density at radius 1 is 1.12 bits per heavy atom. The van der Waals surface area contributed by atoms with Gasteiger partial charge in [-0.15, -0.1) is 0 Å². The number of para-hydroxylation sites is 1. The van der Waals surface area contributed by atoms with Crippen molar-refractivity contribution in [3.63, 3.8) is 0 Å². The third kappa shape index (κ3) is 3.69. The normalized spacial score (nSPS) is 11.4. The molecule has 0 bridgehead atoms. The molecule has 0 fully saturated rings. The van der Waals surface area contributed by atoms with Crippen LogP contribution in [0.2, 0.25) is 0 Å². The molecule has 6 heteroatoms. The number of carbonyl (C=O) groups excluding carboxylic acids is 1. The molecule has 0 spiro atoms. The fraction of sp³-hybridized carbons (Fsp3) is 0.200. The fourth-order valence-corrected chi connectivity index (χ4v) is 2.79. The summed E-state index contributed by atoms with van der Waals surface area (Å²) in [6.07, 6.45) is 2.29. The summed E-state index contributed by atoms with van der Waals surface area (Å²) < 4.78 is 10.5. The number of methoxy groups -OCH3 is 2. The van der Waals surface area contributed by atoms with Gasteiger partial charge in [0.2, 0.25) is 0 Å². The number of rotatable bonds is 6. The first-order chi connectivity index (χ1) is 12.6. The zero-order chi connectivity index (χ0) is 18.5. The molecule has 0 aliphatic rings. The summed E-state index contributed by atoms with van der Waals surface area (Å²) in [7, 11) is 3.20. The molecule has 134 valence electrons. The Morgan fingerprint density at radius 3 is 2.65 bits per heavy atom. The quantitative estimate of drug-likeness (QED) is 0.527. The van der Waals surface area contributed by atoms with Crippen LogP contribution in [0.1, 0.15) is 22.8 Å². The molecule has 3 rings (SSSR count). The van der Waals surface area contributed by atoms with Crippen LogP contribution in [0.15, 0.2) is 53.8 Å². The number of hydrogen-bond donors (Lipinski definition) is 2. The van der Waals surface area contributed by atoms with Crippen molar-refractivity contribution in [1.29, 1.82) is 0 Å². The van der Waals surface area contributed by atoms with Crippen LogP contribution >= 0.6 is 0 Å². The van der Waals surface area contributed by atoms with E-state index in [2.05, 4.69) is 15.5 Å². The lowest BCUT2D eigenvalue weighted by Gasteiger charge is -2.09. The average molecular weight is 351 g/mol. The summed E-state index contributed by atoms with van der Waals surface area (Å²) in [6, 6.07) is 13.4. The number of aromatic nitrogens is 1. The Bertz CT molecular complexity index is 960. The minimum absolute atomic E-state index is 0.242. The summed E-state index contributed by atoms with van der Waals surface area (Å²) >= 11 is 0. The van der Waals surface area contributed by atoms with Gasteiger partial charge in [0.25, 0.3) is 5.91 Å². The number of hydrazone groups is 1. The summed E-state index contributed by atoms with van der Waals surface area (Å²) in [6.45, 7) is 1.87. The van der Waals surface area contributed by atoms with E-state index >= 15 is 0 Å². The summed E-state index contributed by atoms with van der Waals surface area (Å²) in [4.78, 5) is 15.5. The highest BCUT2D eigenvalue weighted by atomic mass is 16.5. The molecule has 0 aliphatic carbocycles. The van der Waals surface area contributed by atoms with E-state index in [-0.39, 0.29) is 5.91 Å². The maximum absolute atomic E-state index is 12.4. The van der Waals surface area contributed by atoms with E-state index in [1.165, 1.54) is 0 Å². The first kappa shape index (κ1) is 17.5. The Morgan fingerprint density at radius 2 is 1.88 bits per heavy atom. The van der Waals surface area contributed by atoms with Crippen molar-refractivity contribution in [1.82, 2.24) is 10.4 Å². The lowest BCUT2D eigenvalue weighted by atomic mass is 10.1. The molecule has 0 saturated carbocycles. The topological polar surface area (TPSA) is 75.7 Å². The number of amides is 1. The molecule has 26 heavy (non-hydrogen) atoms. The standard InChI is InChI=1S/C20H21N3O3/c1-13(10-14-8-9-18(25-2)19(11-14)26-3)22-23-20(24)16-12-21-17-7-5-4-6-15(16)17/h4-9,11-12,21H,10H2,1-3H3,(H,23,24). The van der Waals surface area contributed by atoms with Crippen molar-refractivity contribution in [2.24, 2.45) is 5.10 Å². The summed E-state index contributed by atoms with van der Waals surface area (Å²) in [5.41, 5.74) is 5.92. The number of nitrogens with zero attached hydrogens (tertiary/aromatic N) is 1. The van der Waals surface area contributed by atoms with Gasteiger partial charge in [0.1, 0.15) is 0 Å². The van der Waals surface area contributed by atoms with Gasteiger partial charge in [0.15, 0.2) is 11.5 Å². The van der Waals surface area contributed by atoms with Gasteiger partial charge in [0.05, 0.1) is 19.8 Å². The molecule has 2 N–H and O–H groups in total. The van der Waals surface area contributed by atoms with Gasteiger partial charge in [-0.2, -0.15) is 5.10 Å². The zero-order valence-corrected chi connectivity index (χ0v) is 15.0. The van der Waals surface area contributed by atoms with Gasteiger partial charge in [-0.25, -0.2) is 5.43 Å². The van der Waals surface area contributed by atoms with Crippen molar-refractivity contribution < 1.29 is 14.3 Å². The molecule has 0 saturated heterocycles. The van der Waals surface area contributed by atoms with Crippen LogP contribution in [-0.2, 0) is 6.42 Å². The third-order valence-corrected chi connectivity index (χ3v) is 4.09. The molecule has 6 nitrogen and oxygen atoms in total. The Labute approximate surface area is 151 Å². The predicted molar refractivity (Wildman–Crippen MR) is 102 cm³/mol. The van der Waals surface area contributed by atoms with Gasteiger partial charge in [0, 0.05) is 29.2 Å². The largest absolute Gasteiger partial charge is 0.493 e.